The number of rotatable bonds is 5. The Bertz CT molecular complexity index is 824. The van der Waals surface area contributed by atoms with Crippen LogP contribution in [0.2, 0.25) is 5.02 Å². The number of nitrogens with one attached hydrogen (secondary N) is 1. The summed E-state index contributed by atoms with van der Waals surface area (Å²) in [4.78, 5) is 23.9. The Kier molecular flexibility index (Phi) is 6.09. The molecule has 2 aromatic rings. The van der Waals surface area contributed by atoms with E-state index < -0.39 is 30.1 Å². The van der Waals surface area contributed by atoms with Gasteiger partial charge in [0, 0.05) is 5.69 Å². The molecule has 0 fully saturated rings. The third-order valence-corrected chi connectivity index (χ3v) is 3.88. The van der Waals surface area contributed by atoms with Crippen LogP contribution in [-0.2, 0) is 16.0 Å². The van der Waals surface area contributed by atoms with E-state index in [1.165, 1.54) is 0 Å². The van der Waals surface area contributed by atoms with Gasteiger partial charge in [-0.15, -0.1) is 0 Å². The lowest BCUT2D eigenvalue weighted by molar-refractivity contribution is -0.119. The lowest BCUT2D eigenvalue weighted by atomic mass is 10.1. The number of ether oxygens (including phenoxy) is 1. The van der Waals surface area contributed by atoms with E-state index in [0.717, 1.165) is 17.5 Å². The van der Waals surface area contributed by atoms with Crippen molar-refractivity contribution in [2.24, 2.45) is 0 Å². The molecule has 4 nitrogen and oxygen atoms in total. The molecule has 0 bridgehead atoms. The maximum absolute atomic E-state index is 13.2. The topological polar surface area (TPSA) is 55.4 Å². The standard InChI is InChI=1S/C18H16ClF2NO3/c1-3-11-6-4-5-10(2)17(11)22-16(23)9-25-18(24)12-7-14(20)15(21)8-13(12)19/h4-8H,3,9H2,1-2H3,(H,22,23). The molecule has 2 rings (SSSR count). The van der Waals surface area contributed by atoms with Gasteiger partial charge in [0.2, 0.25) is 0 Å². The number of benzene rings is 2. The maximum atomic E-state index is 13.2. The summed E-state index contributed by atoms with van der Waals surface area (Å²) in [6, 6.07) is 6.93. The van der Waals surface area contributed by atoms with Crippen LogP contribution in [0.1, 0.15) is 28.4 Å². The zero-order valence-corrected chi connectivity index (χ0v) is 14.4. The molecule has 0 aliphatic heterocycles. The highest BCUT2D eigenvalue weighted by Gasteiger charge is 2.18. The molecule has 0 saturated carbocycles. The molecule has 0 atom stereocenters. The van der Waals surface area contributed by atoms with Crippen LogP contribution in [-0.4, -0.2) is 18.5 Å². The molecule has 0 aliphatic carbocycles. The summed E-state index contributed by atoms with van der Waals surface area (Å²) in [6.07, 6.45) is 0.724. The Morgan fingerprint density at radius 3 is 2.56 bits per heavy atom. The van der Waals surface area contributed by atoms with Crippen molar-refractivity contribution in [3.8, 4) is 0 Å². The Labute approximate surface area is 148 Å². The van der Waals surface area contributed by atoms with Gasteiger partial charge in [-0.1, -0.05) is 36.7 Å². The number of aryl methyl sites for hydroxylation is 2. The molecule has 25 heavy (non-hydrogen) atoms. The fourth-order valence-electron chi connectivity index (χ4n) is 2.27. The third-order valence-electron chi connectivity index (χ3n) is 3.57. The van der Waals surface area contributed by atoms with E-state index in [1.54, 1.807) is 0 Å². The van der Waals surface area contributed by atoms with Crippen LogP contribution in [0.25, 0.3) is 0 Å². The summed E-state index contributed by atoms with van der Waals surface area (Å²) in [5.74, 6) is -3.96. The Morgan fingerprint density at radius 1 is 1.20 bits per heavy atom. The summed E-state index contributed by atoms with van der Waals surface area (Å²) in [5, 5.41) is 2.39. The van der Waals surface area contributed by atoms with E-state index in [0.29, 0.717) is 17.8 Å². The number of carbonyl (C=O) groups excluding carboxylic acids is 2. The van der Waals surface area contributed by atoms with Crippen molar-refractivity contribution < 1.29 is 23.1 Å². The lowest BCUT2D eigenvalue weighted by Gasteiger charge is -2.13. The van der Waals surface area contributed by atoms with Crippen LogP contribution in [0.3, 0.4) is 0 Å². The first-order valence-electron chi connectivity index (χ1n) is 7.53. The largest absolute Gasteiger partial charge is 0.452 e. The van der Waals surface area contributed by atoms with Crippen molar-refractivity contribution >= 4 is 29.2 Å². The first kappa shape index (κ1) is 18.9. The minimum atomic E-state index is -1.23. The highest BCUT2D eigenvalue weighted by molar-refractivity contribution is 6.33. The molecule has 0 aliphatic rings. The average Bonchev–Trinajstić information content (AvgIpc) is 2.57. The molecular weight excluding hydrogens is 352 g/mol. The number of carbonyl (C=O) groups is 2. The van der Waals surface area contributed by atoms with Crippen LogP contribution >= 0.6 is 11.6 Å². The van der Waals surface area contributed by atoms with E-state index >= 15 is 0 Å². The predicted octanol–water partition coefficient (Wildman–Crippen LogP) is 4.28. The smallest absolute Gasteiger partial charge is 0.340 e. The van der Waals surface area contributed by atoms with Gasteiger partial charge in [-0.05, 0) is 36.6 Å². The Hall–Kier alpha value is -2.47. The number of esters is 1. The van der Waals surface area contributed by atoms with E-state index in [1.807, 2.05) is 32.0 Å². The number of hydrogen-bond acceptors (Lipinski definition) is 3. The van der Waals surface area contributed by atoms with E-state index in [2.05, 4.69) is 5.32 Å². The monoisotopic (exact) mass is 367 g/mol. The van der Waals surface area contributed by atoms with Gasteiger partial charge in [-0.3, -0.25) is 4.79 Å². The van der Waals surface area contributed by atoms with E-state index in [-0.39, 0.29) is 10.6 Å². The van der Waals surface area contributed by atoms with Gasteiger partial charge in [0.15, 0.2) is 18.2 Å². The number of anilines is 1. The van der Waals surface area contributed by atoms with Crippen LogP contribution in [0.5, 0.6) is 0 Å². The number of hydrogen-bond donors (Lipinski definition) is 1. The number of amides is 1. The van der Waals surface area contributed by atoms with Crippen molar-refractivity contribution in [3.63, 3.8) is 0 Å². The van der Waals surface area contributed by atoms with Gasteiger partial charge < -0.3 is 10.1 Å². The molecule has 7 heteroatoms. The third kappa shape index (κ3) is 4.54. The molecule has 0 unspecified atom stereocenters. The summed E-state index contributed by atoms with van der Waals surface area (Å²) >= 11 is 5.69. The summed E-state index contributed by atoms with van der Waals surface area (Å²) in [6.45, 7) is 3.23. The number of halogens is 3. The molecule has 0 saturated heterocycles. The van der Waals surface area contributed by atoms with E-state index in [9.17, 15) is 18.4 Å². The Morgan fingerprint density at radius 2 is 1.88 bits per heavy atom. The summed E-state index contributed by atoms with van der Waals surface area (Å²) < 4.78 is 31.1. The number of para-hydroxylation sites is 1. The molecule has 0 heterocycles. The van der Waals surface area contributed by atoms with Crippen LogP contribution in [0.4, 0.5) is 14.5 Å². The minimum Gasteiger partial charge on any atom is -0.452 e. The predicted molar refractivity (Wildman–Crippen MR) is 90.8 cm³/mol. The van der Waals surface area contributed by atoms with Crippen molar-refractivity contribution in [3.05, 3.63) is 63.7 Å². The van der Waals surface area contributed by atoms with Crippen LogP contribution < -0.4 is 5.32 Å². The van der Waals surface area contributed by atoms with Crippen molar-refractivity contribution in [1.82, 2.24) is 0 Å². The van der Waals surface area contributed by atoms with Crippen molar-refractivity contribution in [2.45, 2.75) is 20.3 Å². The highest BCUT2D eigenvalue weighted by Crippen LogP contribution is 2.22. The molecule has 0 aromatic heterocycles. The van der Waals surface area contributed by atoms with Gasteiger partial charge in [-0.2, -0.15) is 0 Å². The molecule has 2 aromatic carbocycles. The summed E-state index contributed by atoms with van der Waals surface area (Å²) in [7, 11) is 0. The zero-order chi connectivity index (χ0) is 18.6. The lowest BCUT2D eigenvalue weighted by Crippen LogP contribution is -2.22. The molecule has 1 N–H and O–H groups in total. The average molecular weight is 368 g/mol. The normalized spacial score (nSPS) is 10.4. The van der Waals surface area contributed by atoms with Gasteiger partial charge in [0.05, 0.1) is 10.6 Å². The van der Waals surface area contributed by atoms with Gasteiger partial charge >= 0.3 is 5.97 Å². The van der Waals surface area contributed by atoms with Gasteiger partial charge in [0.1, 0.15) is 0 Å². The Balaban J connectivity index is 2.03. The summed E-state index contributed by atoms with van der Waals surface area (Å²) in [5.41, 5.74) is 2.14. The van der Waals surface area contributed by atoms with Crippen LogP contribution in [0.15, 0.2) is 30.3 Å². The highest BCUT2D eigenvalue weighted by atomic mass is 35.5. The fourth-order valence-corrected chi connectivity index (χ4v) is 2.49. The maximum Gasteiger partial charge on any atom is 0.340 e. The molecular formula is C18H16ClF2NO3. The van der Waals surface area contributed by atoms with Gasteiger partial charge in [-0.25, -0.2) is 13.6 Å². The van der Waals surface area contributed by atoms with E-state index in [4.69, 9.17) is 16.3 Å². The molecule has 132 valence electrons. The minimum absolute atomic E-state index is 0.295. The zero-order valence-electron chi connectivity index (χ0n) is 13.7. The van der Waals surface area contributed by atoms with Crippen LogP contribution in [0, 0.1) is 18.6 Å². The second kappa shape index (κ2) is 8.07. The molecule has 0 spiro atoms. The second-order valence-electron chi connectivity index (χ2n) is 5.33. The van der Waals surface area contributed by atoms with Gasteiger partial charge in [0.25, 0.3) is 5.91 Å². The first-order chi connectivity index (χ1) is 11.8. The molecule has 0 radical (unpaired) electrons. The first-order valence-corrected chi connectivity index (χ1v) is 7.91. The SMILES string of the molecule is CCc1cccc(C)c1NC(=O)COC(=O)c1cc(F)c(F)cc1Cl. The van der Waals surface area contributed by atoms with Crippen molar-refractivity contribution in [1.29, 1.82) is 0 Å². The quantitative estimate of drug-likeness (QED) is 0.633. The fraction of sp³-hybridized carbons (Fsp3) is 0.222. The molecule has 1 amide bonds. The van der Waals surface area contributed by atoms with Crippen molar-refractivity contribution in [2.75, 3.05) is 11.9 Å². The second-order valence-corrected chi connectivity index (χ2v) is 5.74.